The average molecular weight is 312 g/mol. The van der Waals surface area contributed by atoms with Crippen LogP contribution in [0.4, 0.5) is 10.7 Å². The number of aryl methyl sites for hydroxylation is 2. The Balaban J connectivity index is 1.53. The third-order valence-corrected chi connectivity index (χ3v) is 3.80. The van der Waals surface area contributed by atoms with Gasteiger partial charge in [-0.1, -0.05) is 6.07 Å². The van der Waals surface area contributed by atoms with E-state index in [1.54, 1.807) is 4.40 Å². The molecular weight excluding hydrogens is 292 g/mol. The highest BCUT2D eigenvalue weighted by molar-refractivity contribution is 5.87. The monoisotopic (exact) mass is 312 g/mol. The molecule has 1 atom stereocenters. The molecule has 2 N–H and O–H groups in total. The van der Waals surface area contributed by atoms with Gasteiger partial charge in [0.2, 0.25) is 5.95 Å². The minimum absolute atomic E-state index is 0.0593. The number of carbonyl (C=O) groups excluding carboxylic acids is 1. The van der Waals surface area contributed by atoms with Crippen LogP contribution in [0.25, 0.3) is 5.65 Å². The molecule has 3 aromatic heterocycles. The largest absolute Gasteiger partial charge is 0.354 e. The molecule has 0 aliphatic heterocycles. The van der Waals surface area contributed by atoms with Gasteiger partial charge in [0.05, 0.1) is 0 Å². The van der Waals surface area contributed by atoms with E-state index in [1.807, 2.05) is 50.6 Å². The molecule has 2 amide bonds. The standard InChI is InChI=1S/C16H20N6O/c1-12(8-9-13-6-5-10-21(13)2)17-16(23)18-15-20-19-14-7-3-4-11-22(14)15/h3-7,10-12H,8-9H2,1-2H3,(H2,17,18,20,23)/t12-/m0/s1. The molecular formula is C16H20N6O. The summed E-state index contributed by atoms with van der Waals surface area (Å²) in [5, 5.41) is 13.6. The van der Waals surface area contributed by atoms with Gasteiger partial charge in [0.25, 0.3) is 0 Å². The van der Waals surface area contributed by atoms with Crippen LogP contribution in [0.3, 0.4) is 0 Å². The first-order valence-corrected chi connectivity index (χ1v) is 7.61. The molecule has 3 heterocycles. The first kappa shape index (κ1) is 15.1. The zero-order valence-electron chi connectivity index (χ0n) is 13.2. The van der Waals surface area contributed by atoms with Crippen molar-refractivity contribution in [2.75, 3.05) is 5.32 Å². The van der Waals surface area contributed by atoms with Crippen LogP contribution in [0.1, 0.15) is 19.0 Å². The molecule has 0 saturated carbocycles. The topological polar surface area (TPSA) is 76.2 Å². The van der Waals surface area contributed by atoms with E-state index < -0.39 is 0 Å². The van der Waals surface area contributed by atoms with Gasteiger partial charge in [0, 0.05) is 31.2 Å². The minimum Gasteiger partial charge on any atom is -0.354 e. The highest BCUT2D eigenvalue weighted by Crippen LogP contribution is 2.08. The normalized spacial score (nSPS) is 12.3. The molecule has 0 saturated heterocycles. The number of urea groups is 1. The Kier molecular flexibility index (Phi) is 4.27. The third kappa shape index (κ3) is 3.50. The van der Waals surface area contributed by atoms with Crippen molar-refractivity contribution in [1.29, 1.82) is 0 Å². The summed E-state index contributed by atoms with van der Waals surface area (Å²) in [7, 11) is 2.02. The number of hydrogen-bond donors (Lipinski definition) is 2. The quantitative estimate of drug-likeness (QED) is 0.758. The number of fused-ring (bicyclic) bond motifs is 1. The van der Waals surface area contributed by atoms with E-state index in [0.717, 1.165) is 12.8 Å². The molecule has 0 fully saturated rings. The summed E-state index contributed by atoms with van der Waals surface area (Å²) in [6.45, 7) is 1.99. The SMILES string of the molecule is C[C@@H](CCc1cccn1C)NC(=O)Nc1nnc2ccccn12. The number of nitrogens with one attached hydrogen (secondary N) is 2. The summed E-state index contributed by atoms with van der Waals surface area (Å²) in [4.78, 5) is 12.1. The predicted molar refractivity (Wildman–Crippen MR) is 88.3 cm³/mol. The Morgan fingerprint density at radius 1 is 1.22 bits per heavy atom. The van der Waals surface area contributed by atoms with Gasteiger partial charge in [-0.05, 0) is 44.0 Å². The maximum atomic E-state index is 12.1. The van der Waals surface area contributed by atoms with Crippen LogP contribution in [0, 0.1) is 0 Å². The Bertz CT molecular complexity index is 806. The number of nitrogens with zero attached hydrogens (tertiary/aromatic N) is 4. The van der Waals surface area contributed by atoms with Gasteiger partial charge < -0.3 is 9.88 Å². The maximum Gasteiger partial charge on any atom is 0.321 e. The van der Waals surface area contributed by atoms with Crippen molar-refractivity contribution >= 4 is 17.6 Å². The third-order valence-electron chi connectivity index (χ3n) is 3.80. The molecule has 0 aromatic carbocycles. The van der Waals surface area contributed by atoms with Gasteiger partial charge in [-0.3, -0.25) is 9.72 Å². The lowest BCUT2D eigenvalue weighted by Crippen LogP contribution is -2.36. The number of rotatable bonds is 5. The first-order valence-electron chi connectivity index (χ1n) is 7.61. The minimum atomic E-state index is -0.275. The summed E-state index contributed by atoms with van der Waals surface area (Å²) in [6, 6.07) is 9.47. The predicted octanol–water partition coefficient (Wildman–Crippen LogP) is 2.21. The van der Waals surface area contributed by atoms with Crippen LogP contribution in [0.2, 0.25) is 0 Å². The number of anilines is 1. The van der Waals surface area contributed by atoms with Crippen molar-refractivity contribution in [3.63, 3.8) is 0 Å². The van der Waals surface area contributed by atoms with E-state index in [0.29, 0.717) is 11.6 Å². The van der Waals surface area contributed by atoms with Crippen LogP contribution in [-0.2, 0) is 13.5 Å². The molecule has 7 heteroatoms. The molecule has 3 rings (SSSR count). The van der Waals surface area contributed by atoms with Gasteiger partial charge in [-0.2, -0.15) is 0 Å². The molecule has 0 aliphatic rings. The lowest BCUT2D eigenvalue weighted by atomic mass is 10.1. The molecule has 3 aromatic rings. The van der Waals surface area contributed by atoms with E-state index in [4.69, 9.17) is 0 Å². The summed E-state index contributed by atoms with van der Waals surface area (Å²) in [5.74, 6) is 0.410. The van der Waals surface area contributed by atoms with Crippen molar-refractivity contribution in [2.45, 2.75) is 25.8 Å². The van der Waals surface area contributed by atoms with Crippen LogP contribution in [0.15, 0.2) is 42.7 Å². The Labute approximate surface area is 134 Å². The smallest absolute Gasteiger partial charge is 0.321 e. The van der Waals surface area contributed by atoms with Crippen LogP contribution >= 0.6 is 0 Å². The van der Waals surface area contributed by atoms with Crippen molar-refractivity contribution < 1.29 is 4.79 Å². The zero-order chi connectivity index (χ0) is 16.2. The average Bonchev–Trinajstić information content (AvgIpc) is 3.12. The second-order valence-electron chi connectivity index (χ2n) is 5.60. The second kappa shape index (κ2) is 6.51. The van der Waals surface area contributed by atoms with Crippen molar-refractivity contribution in [1.82, 2.24) is 24.5 Å². The molecule has 7 nitrogen and oxygen atoms in total. The molecule has 23 heavy (non-hydrogen) atoms. The van der Waals surface area contributed by atoms with Gasteiger partial charge in [-0.15, -0.1) is 10.2 Å². The molecule has 0 bridgehead atoms. The molecule has 0 spiro atoms. The van der Waals surface area contributed by atoms with Gasteiger partial charge in [0.15, 0.2) is 5.65 Å². The van der Waals surface area contributed by atoms with E-state index in [1.165, 1.54) is 5.69 Å². The van der Waals surface area contributed by atoms with Gasteiger partial charge >= 0.3 is 6.03 Å². The van der Waals surface area contributed by atoms with Crippen LogP contribution in [-0.4, -0.2) is 31.2 Å². The first-order chi connectivity index (χ1) is 11.1. The van der Waals surface area contributed by atoms with Crippen LogP contribution in [0.5, 0.6) is 0 Å². The second-order valence-corrected chi connectivity index (χ2v) is 5.60. The fraction of sp³-hybridized carbons (Fsp3) is 0.312. The Morgan fingerprint density at radius 2 is 2.09 bits per heavy atom. The van der Waals surface area contributed by atoms with Crippen molar-refractivity contribution in [2.24, 2.45) is 7.05 Å². The summed E-state index contributed by atoms with van der Waals surface area (Å²) < 4.78 is 3.82. The molecule has 0 aliphatic carbocycles. The number of aromatic nitrogens is 4. The summed E-state index contributed by atoms with van der Waals surface area (Å²) in [5.41, 5.74) is 1.95. The number of carbonyl (C=O) groups is 1. The zero-order valence-corrected chi connectivity index (χ0v) is 13.2. The van der Waals surface area contributed by atoms with Gasteiger partial charge in [-0.25, -0.2) is 4.79 Å². The highest BCUT2D eigenvalue weighted by Gasteiger charge is 2.11. The summed E-state index contributed by atoms with van der Waals surface area (Å²) in [6.07, 6.45) is 5.62. The molecule has 0 unspecified atom stereocenters. The van der Waals surface area contributed by atoms with Crippen LogP contribution < -0.4 is 10.6 Å². The highest BCUT2D eigenvalue weighted by atomic mass is 16.2. The fourth-order valence-corrected chi connectivity index (χ4v) is 2.48. The van der Waals surface area contributed by atoms with E-state index in [-0.39, 0.29) is 12.1 Å². The van der Waals surface area contributed by atoms with Gasteiger partial charge in [0.1, 0.15) is 0 Å². The Hall–Kier alpha value is -2.83. The summed E-state index contributed by atoms with van der Waals surface area (Å²) >= 11 is 0. The lowest BCUT2D eigenvalue weighted by molar-refractivity contribution is 0.248. The lowest BCUT2D eigenvalue weighted by Gasteiger charge is -2.14. The van der Waals surface area contributed by atoms with E-state index in [2.05, 4.69) is 31.5 Å². The maximum absolute atomic E-state index is 12.1. The molecule has 120 valence electrons. The Morgan fingerprint density at radius 3 is 2.87 bits per heavy atom. The number of pyridine rings is 1. The van der Waals surface area contributed by atoms with E-state index in [9.17, 15) is 4.79 Å². The van der Waals surface area contributed by atoms with Crippen molar-refractivity contribution in [3.05, 3.63) is 48.4 Å². The number of amides is 2. The van der Waals surface area contributed by atoms with Crippen molar-refractivity contribution in [3.8, 4) is 0 Å². The fourth-order valence-electron chi connectivity index (χ4n) is 2.48. The van der Waals surface area contributed by atoms with E-state index >= 15 is 0 Å². The molecule has 0 radical (unpaired) electrons. The number of hydrogen-bond acceptors (Lipinski definition) is 3.